The van der Waals surface area contributed by atoms with Crippen LogP contribution in [0.5, 0.6) is 5.75 Å². The Bertz CT molecular complexity index is 832. The van der Waals surface area contributed by atoms with Gasteiger partial charge in [-0.15, -0.1) is 0 Å². The molecule has 27 heavy (non-hydrogen) atoms. The minimum absolute atomic E-state index is 0.0834. The summed E-state index contributed by atoms with van der Waals surface area (Å²) in [5, 5.41) is 3.16. The van der Waals surface area contributed by atoms with Crippen molar-refractivity contribution < 1.29 is 40.0 Å². The van der Waals surface area contributed by atoms with Crippen molar-refractivity contribution in [2.45, 2.75) is 31.9 Å². The number of halogens is 7. The smallest absolute Gasteiger partial charge is 0.471 e. The lowest BCUT2D eigenvalue weighted by atomic mass is 10.1. The highest BCUT2D eigenvalue weighted by Gasteiger charge is 2.39. The Morgan fingerprint density at radius 3 is 2.48 bits per heavy atom. The lowest BCUT2D eigenvalue weighted by Gasteiger charge is -2.26. The van der Waals surface area contributed by atoms with Gasteiger partial charge < -0.3 is 9.26 Å². The molecule has 5 nitrogen and oxygen atoms in total. The van der Waals surface area contributed by atoms with E-state index < -0.39 is 42.5 Å². The lowest BCUT2D eigenvalue weighted by molar-refractivity contribution is -0.159. The van der Waals surface area contributed by atoms with Crippen LogP contribution in [-0.2, 0) is 12.7 Å². The molecule has 0 N–H and O–H groups in total. The molecular weight excluding hydrogens is 387 g/mol. The van der Waals surface area contributed by atoms with Gasteiger partial charge in [-0.3, -0.25) is 4.90 Å². The van der Waals surface area contributed by atoms with Crippen molar-refractivity contribution >= 4 is 0 Å². The highest BCUT2D eigenvalue weighted by Crippen LogP contribution is 2.35. The van der Waals surface area contributed by atoms with Gasteiger partial charge >= 0.3 is 18.2 Å². The third-order valence-corrected chi connectivity index (χ3v) is 3.93. The molecule has 0 amide bonds. The molecule has 0 aliphatic carbocycles. The average Bonchev–Trinajstić information content (AvgIpc) is 2.97. The summed E-state index contributed by atoms with van der Waals surface area (Å²) in [6, 6.07) is 1.34. The largest absolute Gasteiger partial charge is 0.491 e. The van der Waals surface area contributed by atoms with Crippen LogP contribution in [0.4, 0.5) is 30.7 Å². The molecule has 1 aromatic heterocycles. The molecule has 0 spiro atoms. The van der Waals surface area contributed by atoms with Crippen LogP contribution >= 0.6 is 0 Å². The monoisotopic (exact) mass is 399 g/mol. The molecule has 0 unspecified atom stereocenters. The van der Waals surface area contributed by atoms with E-state index in [2.05, 4.69) is 14.7 Å². The zero-order chi connectivity index (χ0) is 20.0. The predicted octanol–water partition coefficient (Wildman–Crippen LogP) is 4.04. The molecule has 1 aliphatic rings. The minimum atomic E-state index is -4.86. The number of rotatable bonds is 2. The van der Waals surface area contributed by atoms with E-state index in [1.807, 2.05) is 0 Å². The molecule has 0 saturated carbocycles. The summed E-state index contributed by atoms with van der Waals surface area (Å²) < 4.78 is 99.7. The third kappa shape index (κ3) is 4.31. The molecule has 0 bridgehead atoms. The lowest BCUT2D eigenvalue weighted by Crippen LogP contribution is -2.41. The average molecular weight is 399 g/mol. The van der Waals surface area contributed by atoms with Gasteiger partial charge in [0.15, 0.2) is 0 Å². The first kappa shape index (κ1) is 19.4. The molecule has 0 saturated heterocycles. The molecule has 3 rings (SSSR count). The quantitative estimate of drug-likeness (QED) is 0.714. The second-order valence-electron chi connectivity index (χ2n) is 6.04. The first-order valence-corrected chi connectivity index (χ1v) is 7.61. The van der Waals surface area contributed by atoms with Crippen molar-refractivity contribution in [3.05, 3.63) is 29.4 Å². The van der Waals surface area contributed by atoms with Crippen LogP contribution in [0, 0.1) is 5.82 Å². The maximum Gasteiger partial charge on any atom is 0.471 e. The van der Waals surface area contributed by atoms with Gasteiger partial charge in [0.2, 0.25) is 5.82 Å². The van der Waals surface area contributed by atoms with E-state index >= 15 is 0 Å². The number of aromatic nitrogens is 2. The van der Waals surface area contributed by atoms with Crippen LogP contribution in [0.3, 0.4) is 0 Å². The van der Waals surface area contributed by atoms with E-state index in [1.54, 1.807) is 0 Å². The van der Waals surface area contributed by atoms with Crippen LogP contribution in [0.2, 0.25) is 0 Å². The Balaban J connectivity index is 1.94. The highest BCUT2D eigenvalue weighted by molar-refractivity contribution is 5.59. The maximum atomic E-state index is 14.5. The van der Waals surface area contributed by atoms with E-state index in [0.29, 0.717) is 0 Å². The third-order valence-electron chi connectivity index (χ3n) is 3.93. The molecule has 2 heterocycles. The van der Waals surface area contributed by atoms with E-state index in [9.17, 15) is 30.7 Å². The van der Waals surface area contributed by atoms with Gasteiger partial charge in [0.25, 0.3) is 0 Å². The van der Waals surface area contributed by atoms with Gasteiger partial charge in [0.1, 0.15) is 18.2 Å². The van der Waals surface area contributed by atoms with Crippen LogP contribution in [-0.4, -0.2) is 40.4 Å². The number of nitrogens with zero attached hydrogens (tertiary/aromatic N) is 3. The van der Waals surface area contributed by atoms with Crippen molar-refractivity contribution in [3.8, 4) is 17.1 Å². The fraction of sp³-hybridized carbons (Fsp3) is 0.467. The standard InChI is InChI=1S/C15H12F7N3O2/c1-7-5-26-11-3-8(12-23-13(27-24-12)15(20,21)22)2-10(16)9(11)4-25(7)6-14(17,18)19/h2-3,7H,4-6H2,1H3/t7-/m0/s1. The molecule has 1 aliphatic heterocycles. The topological polar surface area (TPSA) is 51.4 Å². The van der Waals surface area contributed by atoms with E-state index in [-0.39, 0.29) is 30.0 Å². The van der Waals surface area contributed by atoms with E-state index in [4.69, 9.17) is 4.74 Å². The van der Waals surface area contributed by atoms with E-state index in [0.717, 1.165) is 11.0 Å². The maximum absolute atomic E-state index is 14.5. The van der Waals surface area contributed by atoms with Crippen molar-refractivity contribution in [1.82, 2.24) is 15.0 Å². The first-order valence-electron chi connectivity index (χ1n) is 7.61. The first-order chi connectivity index (χ1) is 12.4. The molecule has 2 aromatic rings. The van der Waals surface area contributed by atoms with Gasteiger partial charge in [0, 0.05) is 23.7 Å². The van der Waals surface area contributed by atoms with Crippen LogP contribution in [0.1, 0.15) is 18.4 Å². The number of hydrogen-bond donors (Lipinski definition) is 0. The molecular formula is C15H12F7N3O2. The molecule has 1 aromatic carbocycles. The van der Waals surface area contributed by atoms with Gasteiger partial charge in [-0.05, 0) is 19.1 Å². The fourth-order valence-corrected chi connectivity index (χ4v) is 2.60. The summed E-state index contributed by atoms with van der Waals surface area (Å²) in [6.45, 7) is -0.294. The molecule has 12 heteroatoms. The second-order valence-corrected chi connectivity index (χ2v) is 6.04. The van der Waals surface area contributed by atoms with Gasteiger partial charge in [-0.2, -0.15) is 31.3 Å². The van der Waals surface area contributed by atoms with Gasteiger partial charge in [0.05, 0.1) is 6.54 Å². The summed E-state index contributed by atoms with van der Waals surface area (Å²) in [6.07, 6.45) is -9.34. The summed E-state index contributed by atoms with van der Waals surface area (Å²) in [7, 11) is 0. The van der Waals surface area contributed by atoms with Crippen molar-refractivity contribution in [3.63, 3.8) is 0 Å². The van der Waals surface area contributed by atoms with Crippen molar-refractivity contribution in [1.29, 1.82) is 0 Å². The molecule has 1 atom stereocenters. The van der Waals surface area contributed by atoms with Crippen LogP contribution in [0.15, 0.2) is 16.7 Å². The number of fused-ring (bicyclic) bond motifs is 1. The Hall–Kier alpha value is -2.37. The van der Waals surface area contributed by atoms with Crippen LogP contribution in [0.25, 0.3) is 11.4 Å². The van der Waals surface area contributed by atoms with E-state index in [1.165, 1.54) is 13.0 Å². The number of benzene rings is 1. The zero-order valence-electron chi connectivity index (χ0n) is 13.7. The summed E-state index contributed by atoms with van der Waals surface area (Å²) in [4.78, 5) is 4.16. The number of hydrogen-bond acceptors (Lipinski definition) is 5. The Labute approximate surface area is 147 Å². The fourth-order valence-electron chi connectivity index (χ4n) is 2.60. The van der Waals surface area contributed by atoms with Gasteiger partial charge in [-0.1, -0.05) is 5.16 Å². The zero-order valence-corrected chi connectivity index (χ0v) is 13.7. The molecule has 0 radical (unpaired) electrons. The Morgan fingerprint density at radius 1 is 1.19 bits per heavy atom. The molecule has 148 valence electrons. The predicted molar refractivity (Wildman–Crippen MR) is 76.1 cm³/mol. The Kier molecular flexibility index (Phi) is 4.78. The number of ether oxygens (including phenoxy) is 1. The normalized spacial score (nSPS) is 18.7. The number of alkyl halides is 6. The summed E-state index contributed by atoms with van der Waals surface area (Å²) >= 11 is 0. The molecule has 0 fully saturated rings. The van der Waals surface area contributed by atoms with Crippen LogP contribution < -0.4 is 4.74 Å². The highest BCUT2D eigenvalue weighted by atomic mass is 19.4. The second kappa shape index (κ2) is 6.66. The van der Waals surface area contributed by atoms with Crippen molar-refractivity contribution in [2.75, 3.05) is 13.2 Å². The van der Waals surface area contributed by atoms with Gasteiger partial charge in [-0.25, -0.2) is 4.39 Å². The Morgan fingerprint density at radius 2 is 1.89 bits per heavy atom. The minimum Gasteiger partial charge on any atom is -0.491 e. The SMILES string of the molecule is C[C@H]1COc2cc(-c3noc(C(F)(F)F)n3)cc(F)c2CN1CC(F)(F)F. The van der Waals surface area contributed by atoms with Crippen molar-refractivity contribution in [2.24, 2.45) is 0 Å². The summed E-state index contributed by atoms with van der Waals surface area (Å²) in [5.41, 5.74) is -0.283. The summed E-state index contributed by atoms with van der Waals surface area (Å²) in [5.74, 6) is -3.14.